The largest absolute Gasteiger partial charge is 0.446 e. The van der Waals surface area contributed by atoms with Gasteiger partial charge in [0, 0.05) is 45.3 Å². The molecular weight excluding hydrogens is 462 g/mol. The number of aryl methyl sites for hydroxylation is 1. The van der Waals surface area contributed by atoms with Crippen molar-refractivity contribution >= 4 is 17.7 Å². The van der Waals surface area contributed by atoms with E-state index in [1.807, 2.05) is 65.6 Å². The fourth-order valence-electron chi connectivity index (χ4n) is 5.29. The number of benzene rings is 3. The van der Waals surface area contributed by atoms with Crippen LogP contribution in [0.3, 0.4) is 0 Å². The third-order valence-corrected chi connectivity index (χ3v) is 7.49. The minimum Gasteiger partial charge on any atom is -0.446 e. The summed E-state index contributed by atoms with van der Waals surface area (Å²) in [6.45, 7) is 6.22. The average molecular weight is 500 g/mol. The van der Waals surface area contributed by atoms with Crippen LogP contribution < -0.4 is 5.32 Å². The molecule has 2 amide bonds. The smallest absolute Gasteiger partial charge is 0.411 e. The lowest BCUT2D eigenvalue weighted by molar-refractivity contribution is 0.0517. The number of para-hydroxylation sites is 1. The highest BCUT2D eigenvalue weighted by molar-refractivity contribution is 5.96. The lowest BCUT2D eigenvalue weighted by Crippen LogP contribution is -2.45. The Balaban J connectivity index is 0.00000336. The molecule has 1 fully saturated rings. The number of hydrogen-bond donors (Lipinski definition) is 1. The van der Waals surface area contributed by atoms with E-state index in [2.05, 4.69) is 29.3 Å². The Morgan fingerprint density at radius 2 is 1.70 bits per heavy atom. The Labute approximate surface area is 220 Å². The van der Waals surface area contributed by atoms with Crippen LogP contribution in [0.1, 0.15) is 42.7 Å². The van der Waals surface area contributed by atoms with Gasteiger partial charge in [0.2, 0.25) is 0 Å². The Bertz CT molecular complexity index is 1240. The summed E-state index contributed by atoms with van der Waals surface area (Å²) in [6, 6.07) is 24.0. The second-order valence-electron chi connectivity index (χ2n) is 9.87. The molecule has 1 N–H and O–H groups in total. The number of amides is 2. The first-order chi connectivity index (χ1) is 18.1. The molecule has 194 valence electrons. The van der Waals surface area contributed by atoms with Gasteiger partial charge in [-0.3, -0.25) is 10.1 Å². The van der Waals surface area contributed by atoms with Gasteiger partial charge >= 0.3 is 6.09 Å². The van der Waals surface area contributed by atoms with Gasteiger partial charge in [0.1, 0.15) is 6.10 Å². The Morgan fingerprint density at radius 3 is 2.49 bits per heavy atom. The van der Waals surface area contributed by atoms with Gasteiger partial charge in [-0.05, 0) is 54.5 Å². The van der Waals surface area contributed by atoms with Crippen molar-refractivity contribution in [2.45, 2.75) is 38.7 Å². The Kier molecular flexibility index (Phi) is 7.85. The second kappa shape index (κ2) is 11.6. The molecule has 0 aliphatic carbocycles. The van der Waals surface area contributed by atoms with Crippen LogP contribution in [0.15, 0.2) is 72.8 Å². The lowest BCUT2D eigenvalue weighted by Gasteiger charge is -2.34. The summed E-state index contributed by atoms with van der Waals surface area (Å²) in [5.41, 5.74) is 6.09. The van der Waals surface area contributed by atoms with Gasteiger partial charge in [0.15, 0.2) is 0 Å². The molecule has 0 radical (unpaired) electrons. The van der Waals surface area contributed by atoms with E-state index in [4.69, 9.17) is 4.74 Å². The molecule has 2 heterocycles. The average Bonchev–Trinajstić information content (AvgIpc) is 2.94. The van der Waals surface area contributed by atoms with Crippen LogP contribution in [0, 0.1) is 0 Å². The number of carbonyl (C=O) groups is 2. The van der Waals surface area contributed by atoms with Gasteiger partial charge in [0.05, 0.1) is 5.69 Å². The molecule has 5 rings (SSSR count). The van der Waals surface area contributed by atoms with Gasteiger partial charge in [0.25, 0.3) is 5.91 Å². The zero-order valence-corrected chi connectivity index (χ0v) is 21.5. The topological polar surface area (TPSA) is 61.9 Å². The van der Waals surface area contributed by atoms with Crippen molar-refractivity contribution in [2.75, 3.05) is 38.0 Å². The Hall–Kier alpha value is -3.64. The minimum atomic E-state index is -0.411. The zero-order chi connectivity index (χ0) is 25.6. The quantitative estimate of drug-likeness (QED) is 0.441. The maximum Gasteiger partial charge on any atom is 0.411 e. The molecule has 6 nitrogen and oxygen atoms in total. The van der Waals surface area contributed by atoms with E-state index in [0.29, 0.717) is 0 Å². The molecule has 0 spiro atoms. The molecule has 3 aromatic carbocycles. The summed E-state index contributed by atoms with van der Waals surface area (Å²) in [7, 11) is 0. The Morgan fingerprint density at radius 1 is 0.946 bits per heavy atom. The highest BCUT2D eigenvalue weighted by Gasteiger charge is 2.27. The number of carbonyl (C=O) groups excluding carboxylic acids is 2. The van der Waals surface area contributed by atoms with Crippen LogP contribution in [0.5, 0.6) is 0 Å². The molecule has 0 aromatic heterocycles. The van der Waals surface area contributed by atoms with E-state index >= 15 is 0 Å². The first kappa shape index (κ1) is 25.0. The number of ether oxygens (including phenoxy) is 1. The highest BCUT2D eigenvalue weighted by Crippen LogP contribution is 2.28. The molecule has 3 aromatic rings. The first-order valence-electron chi connectivity index (χ1n) is 13.4. The first-order valence-corrected chi connectivity index (χ1v) is 13.4. The molecule has 37 heavy (non-hydrogen) atoms. The fraction of sp³-hybridized carbons (Fsp3) is 0.355. The summed E-state index contributed by atoms with van der Waals surface area (Å²) in [4.78, 5) is 30.0. The van der Waals surface area contributed by atoms with Crippen LogP contribution in [0.2, 0.25) is 0 Å². The summed E-state index contributed by atoms with van der Waals surface area (Å²) in [5.74, 6) is 0.148. The van der Waals surface area contributed by atoms with Crippen LogP contribution in [0.25, 0.3) is 11.1 Å². The van der Waals surface area contributed by atoms with Gasteiger partial charge in [-0.25, -0.2) is 4.79 Å². The van der Waals surface area contributed by atoms with E-state index in [9.17, 15) is 9.59 Å². The van der Waals surface area contributed by atoms with Crippen LogP contribution in [-0.2, 0) is 17.6 Å². The van der Waals surface area contributed by atoms with E-state index < -0.39 is 6.09 Å². The number of hydrogen-bond acceptors (Lipinski definition) is 4. The van der Waals surface area contributed by atoms with Crippen LogP contribution in [-0.4, -0.2) is 60.6 Å². The summed E-state index contributed by atoms with van der Waals surface area (Å²) in [6.07, 6.45) is 3.00. The predicted molar refractivity (Wildman–Crippen MR) is 149 cm³/mol. The zero-order valence-electron chi connectivity index (χ0n) is 21.5. The van der Waals surface area contributed by atoms with Crippen LogP contribution >= 0.6 is 0 Å². The number of likely N-dealkylation sites (tertiary alicyclic amines) is 1. The second-order valence-corrected chi connectivity index (χ2v) is 9.87. The number of nitrogens with zero attached hydrogens (tertiary/aromatic N) is 2. The van der Waals surface area contributed by atoms with Gasteiger partial charge in [-0.15, -0.1) is 0 Å². The van der Waals surface area contributed by atoms with Crippen molar-refractivity contribution in [2.24, 2.45) is 0 Å². The molecule has 0 unspecified atom stereocenters. The standard InChI is InChI=1S/C31H35N3O3.H2/c1-2-23-12-13-28-25(22-23)14-19-34(30(28)35)21-20-33-17-15-26(16-18-33)37-31(36)32-29-11-7-6-10-27(29)24-8-4-3-5-9-24;/h3-13,22,26H,2,14-21H2,1H3,(H,32,36);1H. The molecule has 2 aliphatic heterocycles. The van der Waals surface area contributed by atoms with Gasteiger partial charge in [-0.1, -0.05) is 67.6 Å². The SMILES string of the molecule is CCc1ccc2c(c1)CCN(CCN1CCC(OC(=O)Nc3ccccc3-c3ccccc3)CC1)C2=O.[HH]. The highest BCUT2D eigenvalue weighted by atomic mass is 16.6. The van der Waals surface area contributed by atoms with Gasteiger partial charge < -0.3 is 14.5 Å². The molecule has 0 atom stereocenters. The van der Waals surface area contributed by atoms with Crippen molar-refractivity contribution in [3.63, 3.8) is 0 Å². The maximum atomic E-state index is 13.0. The lowest BCUT2D eigenvalue weighted by atomic mass is 9.96. The van der Waals surface area contributed by atoms with E-state index in [-0.39, 0.29) is 13.4 Å². The summed E-state index contributed by atoms with van der Waals surface area (Å²) in [5, 5.41) is 2.94. The van der Waals surface area contributed by atoms with E-state index in [0.717, 1.165) is 80.8 Å². The number of fused-ring (bicyclic) bond motifs is 1. The van der Waals surface area contributed by atoms with Crippen molar-refractivity contribution in [1.29, 1.82) is 0 Å². The van der Waals surface area contributed by atoms with Gasteiger partial charge in [-0.2, -0.15) is 0 Å². The third kappa shape index (κ3) is 6.03. The molecule has 1 saturated heterocycles. The van der Waals surface area contributed by atoms with Crippen LogP contribution in [0.4, 0.5) is 10.5 Å². The van der Waals surface area contributed by atoms with Crippen molar-refractivity contribution in [3.8, 4) is 11.1 Å². The number of piperidine rings is 1. The number of anilines is 1. The minimum absolute atomic E-state index is 0. The molecule has 0 bridgehead atoms. The van der Waals surface area contributed by atoms with Crippen molar-refractivity contribution in [1.82, 2.24) is 9.80 Å². The number of nitrogens with one attached hydrogen (secondary N) is 1. The van der Waals surface area contributed by atoms with E-state index in [1.165, 1.54) is 11.1 Å². The normalized spacial score (nSPS) is 16.4. The monoisotopic (exact) mass is 499 g/mol. The van der Waals surface area contributed by atoms with E-state index in [1.54, 1.807) is 0 Å². The fourth-order valence-corrected chi connectivity index (χ4v) is 5.29. The molecule has 6 heteroatoms. The molecule has 2 aliphatic rings. The number of rotatable bonds is 7. The van der Waals surface area contributed by atoms with Crippen molar-refractivity contribution in [3.05, 3.63) is 89.5 Å². The maximum absolute atomic E-state index is 13.0. The molecular formula is C31H37N3O3. The van der Waals surface area contributed by atoms with Crippen molar-refractivity contribution < 1.29 is 15.8 Å². The predicted octanol–water partition coefficient (Wildman–Crippen LogP) is 5.87. The molecule has 0 saturated carbocycles. The third-order valence-electron chi connectivity index (χ3n) is 7.49. The summed E-state index contributed by atoms with van der Waals surface area (Å²) < 4.78 is 5.76. The summed E-state index contributed by atoms with van der Waals surface area (Å²) >= 11 is 0.